The first-order valence-electron chi connectivity index (χ1n) is 7.89. The van der Waals surface area contributed by atoms with Crippen LogP contribution < -0.4 is 10.1 Å². The SMILES string of the molecule is COc1cc(CCN[C@@H]2CCS(=O)(=O)c3ccccc32)ccc1F. The Kier molecular flexibility index (Phi) is 4.87. The molecule has 0 amide bonds. The normalized spacial score (nSPS) is 18.8. The molecule has 1 aliphatic heterocycles. The molecule has 0 saturated heterocycles. The second-order valence-corrected chi connectivity index (χ2v) is 7.95. The standard InChI is InChI=1S/C18H20FNO3S/c1-23-17-12-13(6-7-15(17)19)8-10-20-16-9-11-24(21,22)18-5-3-2-4-14(16)18/h2-7,12,16,20H,8-11H2,1H3/t16-/m1/s1. The summed E-state index contributed by atoms with van der Waals surface area (Å²) in [4.78, 5) is 0.428. The first-order valence-corrected chi connectivity index (χ1v) is 9.54. The summed E-state index contributed by atoms with van der Waals surface area (Å²) in [6.45, 7) is 0.674. The predicted octanol–water partition coefficient (Wildman–Crippen LogP) is 2.89. The van der Waals surface area contributed by atoms with Crippen LogP contribution in [0.3, 0.4) is 0 Å². The van der Waals surface area contributed by atoms with E-state index in [1.54, 1.807) is 24.3 Å². The van der Waals surface area contributed by atoms with Crippen LogP contribution in [-0.2, 0) is 16.3 Å². The quantitative estimate of drug-likeness (QED) is 0.902. The molecule has 0 unspecified atom stereocenters. The number of sulfone groups is 1. The molecule has 3 rings (SSSR count). The molecule has 0 aromatic heterocycles. The molecule has 0 saturated carbocycles. The van der Waals surface area contributed by atoms with Gasteiger partial charge in [0.05, 0.1) is 17.8 Å². The number of ether oxygens (including phenoxy) is 1. The van der Waals surface area contributed by atoms with E-state index in [0.717, 1.165) is 11.1 Å². The van der Waals surface area contributed by atoms with Crippen molar-refractivity contribution < 1.29 is 17.5 Å². The lowest BCUT2D eigenvalue weighted by atomic mass is 10.0. The molecule has 1 atom stereocenters. The summed E-state index contributed by atoms with van der Waals surface area (Å²) < 4.78 is 42.7. The molecule has 0 spiro atoms. The Morgan fingerprint density at radius 2 is 2.04 bits per heavy atom. The average Bonchev–Trinajstić information content (AvgIpc) is 2.58. The van der Waals surface area contributed by atoms with Gasteiger partial charge in [-0.15, -0.1) is 0 Å². The Morgan fingerprint density at radius 1 is 1.25 bits per heavy atom. The molecule has 0 fully saturated rings. The average molecular weight is 349 g/mol. The zero-order valence-corrected chi connectivity index (χ0v) is 14.3. The Hall–Kier alpha value is -1.92. The van der Waals surface area contributed by atoms with Gasteiger partial charge in [-0.1, -0.05) is 24.3 Å². The molecular formula is C18H20FNO3S. The zero-order valence-electron chi connectivity index (χ0n) is 13.5. The molecule has 1 N–H and O–H groups in total. The fourth-order valence-electron chi connectivity index (χ4n) is 3.05. The molecule has 2 aromatic carbocycles. The van der Waals surface area contributed by atoms with Crippen LogP contribution in [0.15, 0.2) is 47.4 Å². The fourth-order valence-corrected chi connectivity index (χ4v) is 4.67. The lowest BCUT2D eigenvalue weighted by Crippen LogP contribution is -2.31. The van der Waals surface area contributed by atoms with Gasteiger partial charge in [0.25, 0.3) is 0 Å². The minimum atomic E-state index is -3.16. The van der Waals surface area contributed by atoms with Gasteiger partial charge in [-0.25, -0.2) is 12.8 Å². The number of fused-ring (bicyclic) bond motifs is 1. The molecule has 0 radical (unpaired) electrons. The van der Waals surface area contributed by atoms with Crippen LogP contribution in [0.25, 0.3) is 0 Å². The number of benzene rings is 2. The molecular weight excluding hydrogens is 329 g/mol. The largest absolute Gasteiger partial charge is 0.494 e. The summed E-state index contributed by atoms with van der Waals surface area (Å²) in [5, 5.41) is 3.42. The summed E-state index contributed by atoms with van der Waals surface area (Å²) in [6, 6.07) is 12.0. The van der Waals surface area contributed by atoms with Crippen LogP contribution >= 0.6 is 0 Å². The molecule has 24 heavy (non-hydrogen) atoms. The van der Waals surface area contributed by atoms with Crippen molar-refractivity contribution in [1.82, 2.24) is 5.32 Å². The van der Waals surface area contributed by atoms with Crippen molar-refractivity contribution in [1.29, 1.82) is 0 Å². The van der Waals surface area contributed by atoms with Crippen LogP contribution in [0, 0.1) is 5.82 Å². The molecule has 2 aromatic rings. The van der Waals surface area contributed by atoms with Crippen molar-refractivity contribution in [3.8, 4) is 5.75 Å². The molecule has 1 heterocycles. The van der Waals surface area contributed by atoms with Crippen molar-refractivity contribution >= 4 is 9.84 Å². The van der Waals surface area contributed by atoms with Crippen LogP contribution in [0.5, 0.6) is 5.75 Å². The number of rotatable bonds is 5. The van der Waals surface area contributed by atoms with E-state index in [2.05, 4.69) is 5.32 Å². The Bertz CT molecular complexity index is 836. The van der Waals surface area contributed by atoms with E-state index in [1.165, 1.54) is 13.2 Å². The van der Waals surface area contributed by atoms with Crippen molar-refractivity contribution in [2.45, 2.75) is 23.8 Å². The highest BCUT2D eigenvalue weighted by Gasteiger charge is 2.29. The van der Waals surface area contributed by atoms with Gasteiger partial charge >= 0.3 is 0 Å². The maximum absolute atomic E-state index is 13.4. The number of methoxy groups -OCH3 is 1. The molecule has 0 bridgehead atoms. The van der Waals surface area contributed by atoms with Gasteiger partial charge in [0.2, 0.25) is 0 Å². The third kappa shape index (κ3) is 3.44. The number of nitrogens with one attached hydrogen (secondary N) is 1. The van der Waals surface area contributed by atoms with E-state index in [-0.39, 0.29) is 23.4 Å². The highest BCUT2D eigenvalue weighted by Crippen LogP contribution is 2.31. The highest BCUT2D eigenvalue weighted by atomic mass is 32.2. The van der Waals surface area contributed by atoms with E-state index in [9.17, 15) is 12.8 Å². The monoisotopic (exact) mass is 349 g/mol. The molecule has 0 aliphatic carbocycles. The van der Waals surface area contributed by atoms with Crippen molar-refractivity contribution in [2.75, 3.05) is 19.4 Å². The van der Waals surface area contributed by atoms with E-state index in [0.29, 0.717) is 24.3 Å². The lowest BCUT2D eigenvalue weighted by molar-refractivity contribution is 0.386. The second-order valence-electron chi connectivity index (χ2n) is 5.87. The Morgan fingerprint density at radius 3 is 2.83 bits per heavy atom. The maximum atomic E-state index is 13.4. The Balaban J connectivity index is 1.68. The molecule has 1 aliphatic rings. The Labute approximate surface area is 141 Å². The van der Waals surface area contributed by atoms with Gasteiger partial charge in [-0.2, -0.15) is 0 Å². The number of hydrogen-bond acceptors (Lipinski definition) is 4. The van der Waals surface area contributed by atoms with Gasteiger partial charge in [0, 0.05) is 6.04 Å². The van der Waals surface area contributed by atoms with Crippen LogP contribution in [-0.4, -0.2) is 27.8 Å². The summed E-state index contributed by atoms with van der Waals surface area (Å²) >= 11 is 0. The fraction of sp³-hybridized carbons (Fsp3) is 0.333. The molecule has 128 valence electrons. The third-order valence-corrected chi connectivity index (χ3v) is 6.14. The van der Waals surface area contributed by atoms with E-state index in [4.69, 9.17) is 4.74 Å². The first kappa shape index (κ1) is 16.9. The predicted molar refractivity (Wildman–Crippen MR) is 90.5 cm³/mol. The summed E-state index contributed by atoms with van der Waals surface area (Å²) in [7, 11) is -1.72. The van der Waals surface area contributed by atoms with E-state index < -0.39 is 9.84 Å². The van der Waals surface area contributed by atoms with Crippen LogP contribution in [0.1, 0.15) is 23.6 Å². The minimum absolute atomic E-state index is 0.0204. The maximum Gasteiger partial charge on any atom is 0.178 e. The second kappa shape index (κ2) is 6.91. The van der Waals surface area contributed by atoms with Crippen molar-refractivity contribution in [3.05, 3.63) is 59.4 Å². The van der Waals surface area contributed by atoms with Crippen molar-refractivity contribution in [2.24, 2.45) is 0 Å². The van der Waals surface area contributed by atoms with E-state index in [1.807, 2.05) is 12.1 Å². The van der Waals surface area contributed by atoms with Gasteiger partial charge in [-0.05, 0) is 48.7 Å². The van der Waals surface area contributed by atoms with Gasteiger partial charge in [0.1, 0.15) is 0 Å². The van der Waals surface area contributed by atoms with Crippen molar-refractivity contribution in [3.63, 3.8) is 0 Å². The van der Waals surface area contributed by atoms with E-state index >= 15 is 0 Å². The zero-order chi connectivity index (χ0) is 17.2. The number of halogens is 1. The first-order chi connectivity index (χ1) is 11.5. The summed E-state index contributed by atoms with van der Waals surface area (Å²) in [6.07, 6.45) is 1.27. The topological polar surface area (TPSA) is 55.4 Å². The van der Waals surface area contributed by atoms with Gasteiger partial charge in [-0.3, -0.25) is 0 Å². The molecule has 6 heteroatoms. The third-order valence-electron chi connectivity index (χ3n) is 4.32. The van der Waals surface area contributed by atoms with Crippen LogP contribution in [0.4, 0.5) is 4.39 Å². The van der Waals surface area contributed by atoms with Gasteiger partial charge < -0.3 is 10.1 Å². The smallest absolute Gasteiger partial charge is 0.178 e. The summed E-state index contributed by atoms with van der Waals surface area (Å²) in [5.41, 5.74) is 1.80. The lowest BCUT2D eigenvalue weighted by Gasteiger charge is -2.26. The van der Waals surface area contributed by atoms with Gasteiger partial charge in [0.15, 0.2) is 21.4 Å². The molecule has 4 nitrogen and oxygen atoms in total. The highest BCUT2D eigenvalue weighted by molar-refractivity contribution is 7.91. The number of hydrogen-bond donors (Lipinski definition) is 1. The minimum Gasteiger partial charge on any atom is -0.494 e. The summed E-state index contributed by atoms with van der Waals surface area (Å²) in [5.74, 6) is 0.0220. The van der Waals surface area contributed by atoms with Crippen LogP contribution in [0.2, 0.25) is 0 Å².